The van der Waals surface area contributed by atoms with Crippen LogP contribution in [0.25, 0.3) is 0 Å². The van der Waals surface area contributed by atoms with Gasteiger partial charge in [-0.05, 0) is 33.1 Å². The van der Waals surface area contributed by atoms with Crippen LogP contribution < -0.4 is 15.6 Å². The van der Waals surface area contributed by atoms with Crippen molar-refractivity contribution in [2.24, 2.45) is 0 Å². The van der Waals surface area contributed by atoms with E-state index in [4.69, 9.17) is 4.74 Å². The summed E-state index contributed by atoms with van der Waals surface area (Å²) in [6.07, 6.45) is -1.59. The first kappa shape index (κ1) is 20.2. The van der Waals surface area contributed by atoms with Gasteiger partial charge >= 0.3 is 6.03 Å². The number of rotatable bonds is 6. The summed E-state index contributed by atoms with van der Waals surface area (Å²) >= 11 is 0. The van der Waals surface area contributed by atoms with Gasteiger partial charge in [0.2, 0.25) is 16.4 Å². The highest BCUT2D eigenvalue weighted by Crippen LogP contribution is 2.41. The Bertz CT molecular complexity index is 737. The van der Waals surface area contributed by atoms with Gasteiger partial charge in [-0.25, -0.2) is 37.6 Å². The minimum Gasteiger partial charge on any atom is -0.324 e. The van der Waals surface area contributed by atoms with Crippen molar-refractivity contribution < 1.29 is 26.7 Å². The first-order valence-corrected chi connectivity index (χ1v) is 11.2. The number of nitrogens with one attached hydrogen (secondary N) is 3. The number of urea groups is 1. The van der Waals surface area contributed by atoms with E-state index >= 15 is 0 Å². The molecule has 2 saturated carbocycles. The molecule has 6 atom stereocenters. The predicted octanol–water partition coefficient (Wildman–Crippen LogP) is 0.157. The number of sulfonamides is 1. The van der Waals surface area contributed by atoms with Crippen molar-refractivity contribution in [3.8, 4) is 0 Å². The first-order valence-electron chi connectivity index (χ1n) is 9.63. The summed E-state index contributed by atoms with van der Waals surface area (Å²) < 4.78 is 61.9. The molecule has 0 radical (unpaired) electrons. The molecule has 2 saturated heterocycles. The van der Waals surface area contributed by atoms with Gasteiger partial charge in [0.25, 0.3) is 0 Å². The number of hydrogen-bond donors (Lipinski definition) is 3. The lowest BCUT2D eigenvalue weighted by molar-refractivity contribution is -0.0510. The second-order valence-electron chi connectivity index (χ2n) is 8.36. The maximum atomic E-state index is 15.0. The molecule has 160 valence electrons. The number of fused-ring (bicyclic) bond motifs is 1. The maximum Gasteiger partial charge on any atom is 0.323 e. The summed E-state index contributed by atoms with van der Waals surface area (Å²) in [7, 11) is -3.90. The number of alkyl halides is 2. The summed E-state index contributed by atoms with van der Waals surface area (Å²) in [6.45, 7) is 2.62. The van der Waals surface area contributed by atoms with E-state index < -0.39 is 58.1 Å². The van der Waals surface area contributed by atoms with Crippen molar-refractivity contribution in [1.29, 1.82) is 0 Å². The van der Waals surface area contributed by atoms with Gasteiger partial charge in [-0.1, -0.05) is 0 Å². The van der Waals surface area contributed by atoms with Crippen LogP contribution in [-0.2, 0) is 14.8 Å². The number of nitrogens with zero attached hydrogens (tertiary/aromatic N) is 2. The Morgan fingerprint density at radius 3 is 2.57 bits per heavy atom. The van der Waals surface area contributed by atoms with Crippen LogP contribution in [0.15, 0.2) is 0 Å². The van der Waals surface area contributed by atoms with Crippen LogP contribution in [0.3, 0.4) is 0 Å². The Hall–Kier alpha value is -1.08. The number of halogens is 2. The smallest absolute Gasteiger partial charge is 0.323 e. The SMILES string of the molecule is CC1NNC(N2C(=O)N(CCF)C3CC(F)C(S(=O)(=O)NC4(C)CC4)CC32)O1. The number of carbonyl (C=O) groups excluding carboxylic acids is 1. The van der Waals surface area contributed by atoms with Crippen LogP contribution in [-0.4, -0.2) is 79.1 Å². The molecule has 0 aromatic carbocycles. The fourth-order valence-electron chi connectivity index (χ4n) is 4.39. The molecule has 2 heterocycles. The molecule has 4 rings (SSSR count). The number of hydrazine groups is 1. The summed E-state index contributed by atoms with van der Waals surface area (Å²) in [5.74, 6) is 0. The van der Waals surface area contributed by atoms with E-state index in [0.717, 1.165) is 12.8 Å². The molecule has 2 aliphatic carbocycles. The molecule has 28 heavy (non-hydrogen) atoms. The lowest BCUT2D eigenvalue weighted by atomic mass is 9.88. The first-order chi connectivity index (χ1) is 13.1. The predicted molar refractivity (Wildman–Crippen MR) is 95.7 cm³/mol. The Balaban J connectivity index is 1.59. The molecular formula is C16H27F2N5O4S. The topological polar surface area (TPSA) is 103 Å². The van der Waals surface area contributed by atoms with E-state index in [2.05, 4.69) is 15.6 Å². The van der Waals surface area contributed by atoms with Crippen molar-refractivity contribution >= 4 is 16.1 Å². The summed E-state index contributed by atoms with van der Waals surface area (Å²) in [6, 6.07) is -1.67. The van der Waals surface area contributed by atoms with Gasteiger partial charge in [0, 0.05) is 12.0 Å². The summed E-state index contributed by atoms with van der Waals surface area (Å²) in [5, 5.41) is -1.27. The Kier molecular flexibility index (Phi) is 5.06. The van der Waals surface area contributed by atoms with Crippen molar-refractivity contribution in [1.82, 2.24) is 25.4 Å². The second-order valence-corrected chi connectivity index (χ2v) is 10.3. The van der Waals surface area contributed by atoms with E-state index in [1.807, 2.05) is 0 Å². The van der Waals surface area contributed by atoms with Gasteiger partial charge in [0.05, 0.1) is 18.6 Å². The lowest BCUT2D eigenvalue weighted by Crippen LogP contribution is -2.57. The third kappa shape index (κ3) is 3.49. The zero-order chi connectivity index (χ0) is 20.3. The van der Waals surface area contributed by atoms with Gasteiger partial charge in [0.15, 0.2) is 0 Å². The molecule has 4 fully saturated rings. The van der Waals surface area contributed by atoms with Crippen LogP contribution in [0.4, 0.5) is 13.6 Å². The average molecular weight is 423 g/mol. The highest BCUT2D eigenvalue weighted by atomic mass is 32.2. The standard InChI is InChI=1S/C16H27F2N5O4S/c1-9-19-20-14(27-9)23-12-8-13(28(25,26)21-16(2)3-4-16)10(18)7-11(12)22(6-5-17)15(23)24/h9-14,19-21H,3-8H2,1-2H3. The normalized spacial score (nSPS) is 40.1. The lowest BCUT2D eigenvalue weighted by Gasteiger charge is -2.39. The summed E-state index contributed by atoms with van der Waals surface area (Å²) in [4.78, 5) is 15.6. The number of carbonyl (C=O) groups is 1. The fourth-order valence-corrected chi connectivity index (χ4v) is 6.38. The van der Waals surface area contributed by atoms with Gasteiger partial charge in [0.1, 0.15) is 24.3 Å². The van der Waals surface area contributed by atoms with E-state index in [0.29, 0.717) is 0 Å². The third-order valence-electron chi connectivity index (χ3n) is 6.12. The molecular weight excluding hydrogens is 396 g/mol. The molecule has 0 spiro atoms. The zero-order valence-electron chi connectivity index (χ0n) is 15.9. The third-order valence-corrected chi connectivity index (χ3v) is 8.18. The monoisotopic (exact) mass is 423 g/mol. The Morgan fingerprint density at radius 1 is 1.29 bits per heavy atom. The largest absolute Gasteiger partial charge is 0.324 e. The minimum atomic E-state index is -3.90. The van der Waals surface area contributed by atoms with Crippen LogP contribution >= 0.6 is 0 Å². The van der Waals surface area contributed by atoms with Crippen molar-refractivity contribution in [2.45, 2.75) is 81.2 Å². The van der Waals surface area contributed by atoms with Crippen LogP contribution in [0, 0.1) is 0 Å². The van der Waals surface area contributed by atoms with Crippen molar-refractivity contribution in [3.63, 3.8) is 0 Å². The van der Waals surface area contributed by atoms with E-state index in [-0.39, 0.29) is 25.6 Å². The molecule has 4 aliphatic rings. The Labute approximate surface area is 163 Å². The highest BCUT2D eigenvalue weighted by Gasteiger charge is 2.57. The molecule has 9 nitrogen and oxygen atoms in total. The number of ether oxygens (including phenoxy) is 1. The Morgan fingerprint density at radius 2 is 2.00 bits per heavy atom. The second kappa shape index (κ2) is 7.01. The van der Waals surface area contributed by atoms with Gasteiger partial charge in [-0.3, -0.25) is 4.90 Å². The number of amides is 2. The van der Waals surface area contributed by atoms with Crippen LogP contribution in [0.1, 0.15) is 39.5 Å². The van der Waals surface area contributed by atoms with Crippen LogP contribution in [0.5, 0.6) is 0 Å². The van der Waals surface area contributed by atoms with Gasteiger partial charge in [-0.2, -0.15) is 0 Å². The maximum absolute atomic E-state index is 15.0. The molecule has 0 bridgehead atoms. The van der Waals surface area contributed by atoms with E-state index in [9.17, 15) is 22.0 Å². The minimum absolute atomic E-state index is 0.0678. The van der Waals surface area contributed by atoms with Crippen LogP contribution in [0.2, 0.25) is 0 Å². The molecule has 3 N–H and O–H groups in total. The molecule has 12 heteroatoms. The quantitative estimate of drug-likeness (QED) is 0.562. The molecule has 0 aromatic heterocycles. The zero-order valence-corrected chi connectivity index (χ0v) is 16.7. The molecule has 2 aliphatic heterocycles. The van der Waals surface area contributed by atoms with E-state index in [1.54, 1.807) is 13.8 Å². The number of hydrogen-bond acceptors (Lipinski definition) is 6. The van der Waals surface area contributed by atoms with E-state index in [1.165, 1.54) is 9.80 Å². The molecule has 2 amide bonds. The molecule has 6 unspecified atom stereocenters. The van der Waals surface area contributed by atoms with Gasteiger partial charge in [-0.15, -0.1) is 0 Å². The van der Waals surface area contributed by atoms with Crippen molar-refractivity contribution in [2.75, 3.05) is 13.2 Å². The summed E-state index contributed by atoms with van der Waals surface area (Å²) in [5.41, 5.74) is 5.17. The highest BCUT2D eigenvalue weighted by molar-refractivity contribution is 7.90. The molecule has 0 aromatic rings. The van der Waals surface area contributed by atoms with Gasteiger partial charge < -0.3 is 9.64 Å². The fraction of sp³-hybridized carbons (Fsp3) is 0.938. The van der Waals surface area contributed by atoms with Crippen molar-refractivity contribution in [3.05, 3.63) is 0 Å². The average Bonchev–Trinajstić information content (AvgIpc) is 3.06.